The highest BCUT2D eigenvalue weighted by Crippen LogP contribution is 2.25. The van der Waals surface area contributed by atoms with E-state index in [9.17, 15) is 14.9 Å². The number of carbonyl (C=O) groups is 1. The molecule has 0 aromatic heterocycles. The van der Waals surface area contributed by atoms with E-state index in [0.717, 1.165) is 29.5 Å². The first-order valence-corrected chi connectivity index (χ1v) is 9.91. The van der Waals surface area contributed by atoms with Gasteiger partial charge in [-0.15, -0.1) is 0 Å². The van der Waals surface area contributed by atoms with Gasteiger partial charge >= 0.3 is 0 Å². The first-order chi connectivity index (χ1) is 13.6. The SMILES string of the molecule is CCCCCCCCNC(=O)C=C(c1ccccc1)c1ccc([N+](=O)[O-])cc1. The Morgan fingerprint density at radius 3 is 2.18 bits per heavy atom. The van der Waals surface area contributed by atoms with E-state index in [1.54, 1.807) is 18.2 Å². The molecule has 0 aliphatic rings. The summed E-state index contributed by atoms with van der Waals surface area (Å²) in [4.78, 5) is 22.9. The lowest BCUT2D eigenvalue weighted by atomic mass is 9.97. The Balaban J connectivity index is 2.05. The van der Waals surface area contributed by atoms with E-state index in [-0.39, 0.29) is 11.6 Å². The van der Waals surface area contributed by atoms with Gasteiger partial charge in [0.2, 0.25) is 5.91 Å². The largest absolute Gasteiger partial charge is 0.353 e. The quantitative estimate of drug-likeness (QED) is 0.242. The molecule has 1 amide bonds. The summed E-state index contributed by atoms with van der Waals surface area (Å²) in [5.41, 5.74) is 2.44. The zero-order valence-corrected chi connectivity index (χ0v) is 16.4. The van der Waals surface area contributed by atoms with Gasteiger partial charge in [0.1, 0.15) is 0 Å². The van der Waals surface area contributed by atoms with Crippen molar-refractivity contribution in [3.05, 3.63) is 81.9 Å². The van der Waals surface area contributed by atoms with Crippen molar-refractivity contribution in [1.29, 1.82) is 0 Å². The second-order valence-electron chi connectivity index (χ2n) is 6.79. The van der Waals surface area contributed by atoms with Crippen molar-refractivity contribution in [2.45, 2.75) is 45.4 Å². The molecule has 0 atom stereocenters. The highest BCUT2D eigenvalue weighted by atomic mass is 16.6. The zero-order chi connectivity index (χ0) is 20.2. The lowest BCUT2D eigenvalue weighted by molar-refractivity contribution is -0.384. The van der Waals surface area contributed by atoms with E-state index >= 15 is 0 Å². The van der Waals surface area contributed by atoms with Crippen LogP contribution in [-0.4, -0.2) is 17.4 Å². The van der Waals surface area contributed by atoms with Crippen molar-refractivity contribution in [2.24, 2.45) is 0 Å². The van der Waals surface area contributed by atoms with Crippen LogP contribution in [0.3, 0.4) is 0 Å². The summed E-state index contributed by atoms with van der Waals surface area (Å²) in [6, 6.07) is 15.8. The minimum atomic E-state index is -0.428. The minimum absolute atomic E-state index is 0.0312. The van der Waals surface area contributed by atoms with Crippen molar-refractivity contribution < 1.29 is 9.72 Å². The lowest BCUT2D eigenvalue weighted by Gasteiger charge is -2.09. The molecule has 0 fully saturated rings. The Morgan fingerprint density at radius 2 is 1.54 bits per heavy atom. The Bertz CT molecular complexity index is 783. The predicted molar refractivity (Wildman–Crippen MR) is 113 cm³/mol. The van der Waals surface area contributed by atoms with Gasteiger partial charge in [-0.2, -0.15) is 0 Å². The topological polar surface area (TPSA) is 72.2 Å². The van der Waals surface area contributed by atoms with Gasteiger partial charge in [-0.1, -0.05) is 69.4 Å². The van der Waals surface area contributed by atoms with Crippen LogP contribution in [0, 0.1) is 10.1 Å². The molecule has 0 unspecified atom stereocenters. The Morgan fingerprint density at radius 1 is 0.929 bits per heavy atom. The highest BCUT2D eigenvalue weighted by Gasteiger charge is 2.10. The van der Waals surface area contributed by atoms with Crippen LogP contribution in [0.25, 0.3) is 5.57 Å². The second-order valence-corrected chi connectivity index (χ2v) is 6.79. The fraction of sp³-hybridized carbons (Fsp3) is 0.348. The molecule has 2 aromatic carbocycles. The number of nitrogens with one attached hydrogen (secondary N) is 1. The van der Waals surface area contributed by atoms with E-state index in [1.807, 2.05) is 30.3 Å². The molecule has 0 heterocycles. The molecule has 148 valence electrons. The molecule has 28 heavy (non-hydrogen) atoms. The van der Waals surface area contributed by atoms with Gasteiger partial charge in [0.15, 0.2) is 0 Å². The van der Waals surface area contributed by atoms with Gasteiger partial charge in [0.25, 0.3) is 5.69 Å². The molecule has 5 nitrogen and oxygen atoms in total. The van der Waals surface area contributed by atoms with Gasteiger partial charge in [-0.05, 0) is 35.3 Å². The molecule has 5 heteroatoms. The molecular weight excluding hydrogens is 352 g/mol. The van der Waals surface area contributed by atoms with Gasteiger partial charge in [-0.25, -0.2) is 0 Å². The van der Waals surface area contributed by atoms with E-state index in [1.165, 1.54) is 37.8 Å². The van der Waals surface area contributed by atoms with Gasteiger partial charge in [-0.3, -0.25) is 14.9 Å². The van der Waals surface area contributed by atoms with Crippen LogP contribution in [0.15, 0.2) is 60.7 Å². The summed E-state index contributed by atoms with van der Waals surface area (Å²) in [7, 11) is 0. The number of nitrogens with zero attached hydrogens (tertiary/aromatic N) is 1. The third-order valence-corrected chi connectivity index (χ3v) is 4.58. The minimum Gasteiger partial charge on any atom is -0.353 e. The Labute approximate surface area is 166 Å². The average Bonchev–Trinajstić information content (AvgIpc) is 2.72. The number of unbranched alkanes of at least 4 members (excludes halogenated alkanes) is 5. The third kappa shape index (κ3) is 6.99. The molecule has 0 radical (unpaired) electrons. The number of rotatable bonds is 11. The molecule has 0 spiro atoms. The maximum absolute atomic E-state index is 12.4. The van der Waals surface area contributed by atoms with Crippen molar-refractivity contribution in [3.8, 4) is 0 Å². The van der Waals surface area contributed by atoms with Crippen LogP contribution in [-0.2, 0) is 4.79 Å². The first kappa shape index (κ1) is 21.4. The summed E-state index contributed by atoms with van der Waals surface area (Å²) in [6.45, 7) is 2.85. The summed E-state index contributed by atoms with van der Waals surface area (Å²) in [5.74, 6) is -0.147. The van der Waals surface area contributed by atoms with Crippen LogP contribution in [0.5, 0.6) is 0 Å². The molecule has 0 aliphatic carbocycles. The second kappa shape index (κ2) is 11.7. The standard InChI is InChI=1S/C23H28N2O3/c1-2-3-4-5-6-10-17-24-23(26)18-22(19-11-8-7-9-12-19)20-13-15-21(16-14-20)25(27)28/h7-9,11-16,18H,2-6,10,17H2,1H3,(H,24,26). The monoisotopic (exact) mass is 380 g/mol. The van der Waals surface area contributed by atoms with Crippen molar-refractivity contribution in [2.75, 3.05) is 6.54 Å². The average molecular weight is 380 g/mol. The van der Waals surface area contributed by atoms with E-state index in [0.29, 0.717) is 6.54 Å². The van der Waals surface area contributed by atoms with Gasteiger partial charge in [0.05, 0.1) is 4.92 Å². The Kier molecular flexibility index (Phi) is 8.92. The molecule has 0 bridgehead atoms. The molecule has 0 aliphatic heterocycles. The normalized spacial score (nSPS) is 11.2. The number of nitro benzene ring substituents is 1. The van der Waals surface area contributed by atoms with Crippen LogP contribution in [0.2, 0.25) is 0 Å². The lowest BCUT2D eigenvalue weighted by Crippen LogP contribution is -2.22. The fourth-order valence-corrected chi connectivity index (χ4v) is 3.01. The Hall–Kier alpha value is -2.95. The first-order valence-electron chi connectivity index (χ1n) is 9.91. The smallest absolute Gasteiger partial charge is 0.269 e. The van der Waals surface area contributed by atoms with Gasteiger partial charge < -0.3 is 5.32 Å². The number of non-ortho nitro benzene ring substituents is 1. The number of hydrogen-bond donors (Lipinski definition) is 1. The van der Waals surface area contributed by atoms with Crippen molar-refractivity contribution in [1.82, 2.24) is 5.32 Å². The van der Waals surface area contributed by atoms with Crippen LogP contribution in [0.1, 0.15) is 56.6 Å². The van der Waals surface area contributed by atoms with E-state index < -0.39 is 4.92 Å². The summed E-state index contributed by atoms with van der Waals surface area (Å²) in [5, 5.41) is 13.8. The highest BCUT2D eigenvalue weighted by molar-refractivity contribution is 5.99. The van der Waals surface area contributed by atoms with Crippen molar-refractivity contribution in [3.63, 3.8) is 0 Å². The van der Waals surface area contributed by atoms with Crippen LogP contribution < -0.4 is 5.32 Å². The molecular formula is C23H28N2O3. The number of amides is 1. The zero-order valence-electron chi connectivity index (χ0n) is 16.4. The molecule has 0 saturated carbocycles. The van der Waals surface area contributed by atoms with E-state index in [2.05, 4.69) is 12.2 Å². The maximum Gasteiger partial charge on any atom is 0.269 e. The number of hydrogen-bond acceptors (Lipinski definition) is 3. The van der Waals surface area contributed by atoms with Crippen LogP contribution >= 0.6 is 0 Å². The summed E-state index contributed by atoms with van der Waals surface area (Å²) < 4.78 is 0. The molecule has 0 saturated heterocycles. The molecule has 1 N–H and O–H groups in total. The maximum atomic E-state index is 12.4. The predicted octanol–water partition coefficient (Wildman–Crippen LogP) is 5.50. The number of benzene rings is 2. The summed E-state index contributed by atoms with van der Waals surface area (Å²) in [6.07, 6.45) is 8.63. The molecule has 2 rings (SSSR count). The third-order valence-electron chi connectivity index (χ3n) is 4.58. The molecule has 2 aromatic rings. The fourth-order valence-electron chi connectivity index (χ4n) is 3.01. The number of carbonyl (C=O) groups excluding carboxylic acids is 1. The van der Waals surface area contributed by atoms with Crippen molar-refractivity contribution >= 4 is 17.2 Å². The van der Waals surface area contributed by atoms with Crippen LogP contribution in [0.4, 0.5) is 5.69 Å². The summed E-state index contributed by atoms with van der Waals surface area (Å²) >= 11 is 0. The number of nitro groups is 1. The van der Waals surface area contributed by atoms with Gasteiger partial charge in [0, 0.05) is 24.8 Å². The van der Waals surface area contributed by atoms with E-state index in [4.69, 9.17) is 0 Å².